The number of carbonyl (C=O) groups is 1. The Morgan fingerprint density at radius 2 is 2.20 bits per heavy atom. The summed E-state index contributed by atoms with van der Waals surface area (Å²) in [6.07, 6.45) is 3.53. The molecule has 0 bridgehead atoms. The molecule has 2 aliphatic rings. The van der Waals surface area contributed by atoms with E-state index in [9.17, 15) is 4.79 Å². The van der Waals surface area contributed by atoms with Crippen molar-refractivity contribution in [1.29, 1.82) is 0 Å². The summed E-state index contributed by atoms with van der Waals surface area (Å²) in [7, 11) is 0. The van der Waals surface area contributed by atoms with Crippen LogP contribution in [-0.4, -0.2) is 54.1 Å². The van der Waals surface area contributed by atoms with Crippen LogP contribution in [0.25, 0.3) is 0 Å². The van der Waals surface area contributed by atoms with E-state index in [1.165, 1.54) is 9.75 Å². The number of aryl methyl sites for hydroxylation is 1. The number of hydrogen-bond donors (Lipinski definition) is 0. The van der Waals surface area contributed by atoms with Crippen LogP contribution in [0.2, 0.25) is 0 Å². The van der Waals surface area contributed by atoms with Crippen LogP contribution in [0.3, 0.4) is 0 Å². The highest BCUT2D eigenvalue weighted by Gasteiger charge is 2.42. The first-order valence-corrected chi connectivity index (χ1v) is 9.70. The Labute approximate surface area is 152 Å². The predicted molar refractivity (Wildman–Crippen MR) is 96.9 cm³/mol. The second kappa shape index (κ2) is 6.94. The van der Waals surface area contributed by atoms with Crippen molar-refractivity contribution in [2.75, 3.05) is 32.8 Å². The first-order valence-electron chi connectivity index (χ1n) is 8.88. The number of nitrogens with zero attached hydrogens (tertiary/aromatic N) is 2. The smallest absolute Gasteiger partial charge is 0.289 e. The first kappa shape index (κ1) is 16.8. The van der Waals surface area contributed by atoms with Gasteiger partial charge in [-0.1, -0.05) is 0 Å². The Bertz CT molecular complexity index is 723. The minimum Gasteiger partial charge on any atom is -0.459 e. The average molecular weight is 360 g/mol. The lowest BCUT2D eigenvalue weighted by Crippen LogP contribution is -2.60. The van der Waals surface area contributed by atoms with Gasteiger partial charge >= 0.3 is 0 Å². The normalized spacial score (nSPS) is 24.8. The van der Waals surface area contributed by atoms with Gasteiger partial charge in [0.25, 0.3) is 5.91 Å². The van der Waals surface area contributed by atoms with E-state index in [0.717, 1.165) is 45.6 Å². The zero-order chi connectivity index (χ0) is 17.3. The van der Waals surface area contributed by atoms with Gasteiger partial charge in [0.1, 0.15) is 0 Å². The summed E-state index contributed by atoms with van der Waals surface area (Å²) in [5.41, 5.74) is -0.245. The van der Waals surface area contributed by atoms with Gasteiger partial charge in [-0.25, -0.2) is 0 Å². The maximum atomic E-state index is 12.6. The van der Waals surface area contributed by atoms with E-state index in [1.807, 2.05) is 16.2 Å². The van der Waals surface area contributed by atoms with Gasteiger partial charge in [-0.05, 0) is 44.0 Å². The second-order valence-corrected chi connectivity index (χ2v) is 8.43. The zero-order valence-corrected chi connectivity index (χ0v) is 15.4. The molecule has 4 heterocycles. The van der Waals surface area contributed by atoms with Crippen molar-refractivity contribution in [1.82, 2.24) is 9.80 Å². The van der Waals surface area contributed by atoms with Gasteiger partial charge in [0.05, 0.1) is 25.0 Å². The SMILES string of the molecule is Cc1ccc(CN2CCO[C@@]3(CCCN(C(=O)c4ccco4)C3)C2)s1. The Kier molecular flexibility index (Phi) is 4.67. The molecule has 5 nitrogen and oxygen atoms in total. The number of furan rings is 1. The van der Waals surface area contributed by atoms with E-state index in [4.69, 9.17) is 9.15 Å². The molecule has 0 unspecified atom stereocenters. The number of likely N-dealkylation sites (tertiary alicyclic amines) is 1. The maximum absolute atomic E-state index is 12.6. The van der Waals surface area contributed by atoms with Crippen molar-refractivity contribution in [3.63, 3.8) is 0 Å². The van der Waals surface area contributed by atoms with Crippen LogP contribution in [0, 0.1) is 6.92 Å². The quantitative estimate of drug-likeness (QED) is 0.843. The first-order chi connectivity index (χ1) is 12.1. The van der Waals surface area contributed by atoms with Crippen molar-refractivity contribution >= 4 is 17.2 Å². The number of thiophene rings is 1. The van der Waals surface area contributed by atoms with E-state index < -0.39 is 0 Å². The van der Waals surface area contributed by atoms with Crippen molar-refractivity contribution < 1.29 is 13.9 Å². The van der Waals surface area contributed by atoms with E-state index in [-0.39, 0.29) is 11.5 Å². The third kappa shape index (κ3) is 3.66. The van der Waals surface area contributed by atoms with E-state index >= 15 is 0 Å². The molecule has 0 radical (unpaired) electrons. The molecule has 2 aliphatic heterocycles. The minimum absolute atomic E-state index is 0.0290. The van der Waals surface area contributed by atoms with Gasteiger partial charge in [0, 0.05) is 35.9 Å². The molecule has 6 heteroatoms. The molecular weight excluding hydrogens is 336 g/mol. The van der Waals surface area contributed by atoms with Crippen LogP contribution in [0.15, 0.2) is 34.9 Å². The van der Waals surface area contributed by atoms with Crippen LogP contribution in [0.5, 0.6) is 0 Å². The Balaban J connectivity index is 1.44. The summed E-state index contributed by atoms with van der Waals surface area (Å²) in [5, 5.41) is 0. The molecule has 0 N–H and O–H groups in total. The Morgan fingerprint density at radius 1 is 1.28 bits per heavy atom. The van der Waals surface area contributed by atoms with Crippen molar-refractivity contribution in [3.05, 3.63) is 46.0 Å². The summed E-state index contributed by atoms with van der Waals surface area (Å²) in [6, 6.07) is 7.89. The highest BCUT2D eigenvalue weighted by molar-refractivity contribution is 7.11. The van der Waals surface area contributed by atoms with E-state index in [2.05, 4.69) is 24.0 Å². The van der Waals surface area contributed by atoms with E-state index in [0.29, 0.717) is 12.3 Å². The fourth-order valence-electron chi connectivity index (χ4n) is 3.92. The van der Waals surface area contributed by atoms with Crippen molar-refractivity contribution in [2.45, 2.75) is 31.9 Å². The average Bonchev–Trinajstić information content (AvgIpc) is 3.26. The molecule has 0 saturated carbocycles. The molecule has 2 aromatic heterocycles. The lowest BCUT2D eigenvalue weighted by Gasteiger charge is -2.47. The van der Waals surface area contributed by atoms with Crippen LogP contribution >= 0.6 is 11.3 Å². The monoisotopic (exact) mass is 360 g/mol. The number of amides is 1. The third-order valence-electron chi connectivity index (χ3n) is 5.06. The molecule has 1 amide bonds. The fourth-order valence-corrected chi connectivity index (χ4v) is 4.86. The van der Waals surface area contributed by atoms with Crippen molar-refractivity contribution in [2.24, 2.45) is 0 Å². The van der Waals surface area contributed by atoms with Gasteiger partial charge in [-0.15, -0.1) is 11.3 Å². The largest absolute Gasteiger partial charge is 0.459 e. The number of morpholine rings is 1. The summed E-state index contributed by atoms with van der Waals surface area (Å²) >= 11 is 1.86. The number of ether oxygens (including phenoxy) is 1. The standard InChI is InChI=1S/C19H24N2O3S/c1-15-5-6-16(25-15)12-20-9-11-24-19(13-20)7-3-8-21(14-19)18(22)17-4-2-10-23-17/h2,4-6,10H,3,7-9,11-14H2,1H3/t19-/m0/s1. The van der Waals surface area contributed by atoms with E-state index in [1.54, 1.807) is 18.4 Å². The summed E-state index contributed by atoms with van der Waals surface area (Å²) in [6.45, 7) is 7.09. The highest BCUT2D eigenvalue weighted by Crippen LogP contribution is 2.31. The molecule has 0 aromatic carbocycles. The lowest BCUT2D eigenvalue weighted by molar-refractivity contribution is -0.136. The van der Waals surface area contributed by atoms with Gasteiger partial charge < -0.3 is 14.1 Å². The number of hydrogen-bond acceptors (Lipinski definition) is 5. The topological polar surface area (TPSA) is 45.9 Å². The second-order valence-electron chi connectivity index (χ2n) is 7.06. The molecule has 0 aliphatic carbocycles. The van der Waals surface area contributed by atoms with Crippen LogP contribution < -0.4 is 0 Å². The van der Waals surface area contributed by atoms with Gasteiger partial charge in [-0.3, -0.25) is 9.69 Å². The van der Waals surface area contributed by atoms with Crippen LogP contribution in [0.4, 0.5) is 0 Å². The van der Waals surface area contributed by atoms with Crippen LogP contribution in [-0.2, 0) is 11.3 Å². The summed E-state index contributed by atoms with van der Waals surface area (Å²) < 4.78 is 11.5. The Hall–Kier alpha value is -1.63. The summed E-state index contributed by atoms with van der Waals surface area (Å²) in [5.74, 6) is 0.387. The highest BCUT2D eigenvalue weighted by atomic mass is 32.1. The lowest BCUT2D eigenvalue weighted by atomic mass is 9.90. The molecule has 2 saturated heterocycles. The number of carbonyl (C=O) groups excluding carboxylic acids is 1. The molecule has 134 valence electrons. The van der Waals surface area contributed by atoms with Gasteiger partial charge in [0.15, 0.2) is 5.76 Å². The van der Waals surface area contributed by atoms with Gasteiger partial charge in [0.2, 0.25) is 0 Å². The van der Waals surface area contributed by atoms with Crippen LogP contribution in [0.1, 0.15) is 33.2 Å². The van der Waals surface area contributed by atoms with Crippen molar-refractivity contribution in [3.8, 4) is 0 Å². The summed E-state index contributed by atoms with van der Waals surface area (Å²) in [4.78, 5) is 19.7. The molecule has 1 atom stereocenters. The molecule has 4 rings (SSSR count). The fraction of sp³-hybridized carbons (Fsp3) is 0.526. The molecule has 2 aromatic rings. The predicted octanol–water partition coefficient (Wildman–Crippen LogP) is 3.16. The molecule has 2 fully saturated rings. The third-order valence-corrected chi connectivity index (χ3v) is 6.05. The number of piperidine rings is 1. The number of rotatable bonds is 3. The molecule has 25 heavy (non-hydrogen) atoms. The minimum atomic E-state index is -0.245. The maximum Gasteiger partial charge on any atom is 0.289 e. The Morgan fingerprint density at radius 3 is 2.96 bits per heavy atom. The molecular formula is C19H24N2O3S. The molecule has 1 spiro atoms. The zero-order valence-electron chi connectivity index (χ0n) is 14.6. The van der Waals surface area contributed by atoms with Gasteiger partial charge in [-0.2, -0.15) is 0 Å².